The van der Waals surface area contributed by atoms with Gasteiger partial charge in [-0.05, 0) is 43.5 Å². The molecule has 1 heterocycles. The van der Waals surface area contributed by atoms with Gasteiger partial charge in [0, 0.05) is 30.9 Å². The molecule has 1 saturated heterocycles. The van der Waals surface area contributed by atoms with Gasteiger partial charge in [-0.15, -0.1) is 0 Å². The fourth-order valence-corrected chi connectivity index (χ4v) is 2.25. The highest BCUT2D eigenvalue weighted by Gasteiger charge is 2.19. The van der Waals surface area contributed by atoms with Gasteiger partial charge in [-0.3, -0.25) is 4.79 Å². The molecule has 1 aliphatic heterocycles. The summed E-state index contributed by atoms with van der Waals surface area (Å²) in [5, 5.41) is 3.38. The molecule has 2 rings (SSSR count). The molecule has 0 aliphatic carbocycles. The van der Waals surface area contributed by atoms with Crippen LogP contribution in [-0.4, -0.2) is 19.0 Å². The van der Waals surface area contributed by atoms with Crippen molar-refractivity contribution in [3.8, 4) is 0 Å². The van der Waals surface area contributed by atoms with Gasteiger partial charge < -0.3 is 10.2 Å². The van der Waals surface area contributed by atoms with Gasteiger partial charge in [0.15, 0.2) is 0 Å². The second-order valence-corrected chi connectivity index (χ2v) is 4.83. The monoisotopic (exact) mass is 246 g/mol. The van der Waals surface area contributed by atoms with Gasteiger partial charge >= 0.3 is 0 Å². The van der Waals surface area contributed by atoms with Gasteiger partial charge in [-0.25, -0.2) is 0 Å². The van der Waals surface area contributed by atoms with Crippen LogP contribution in [0.25, 0.3) is 0 Å². The molecule has 0 radical (unpaired) electrons. The second kappa shape index (κ2) is 6.43. The highest BCUT2D eigenvalue weighted by molar-refractivity contribution is 5.94. The minimum atomic E-state index is 0.257. The lowest BCUT2D eigenvalue weighted by atomic mass is 10.1. The molecule has 1 aliphatic rings. The normalized spacial score (nSPS) is 15.8. The Labute approximate surface area is 109 Å². The van der Waals surface area contributed by atoms with E-state index in [1.165, 1.54) is 12.8 Å². The zero-order valence-electron chi connectivity index (χ0n) is 11.1. The minimum Gasteiger partial charge on any atom is -0.385 e. The zero-order chi connectivity index (χ0) is 12.8. The lowest BCUT2D eigenvalue weighted by Crippen LogP contribution is -2.35. The molecule has 1 fully saturated rings. The van der Waals surface area contributed by atoms with Gasteiger partial charge in [0.05, 0.1) is 0 Å². The van der Waals surface area contributed by atoms with Gasteiger partial charge in [0.1, 0.15) is 0 Å². The number of hydrogen-bond acceptors (Lipinski definition) is 2. The molecule has 1 amide bonds. The molecule has 0 aromatic heterocycles. The van der Waals surface area contributed by atoms with Crippen LogP contribution in [0.2, 0.25) is 0 Å². The lowest BCUT2D eigenvalue weighted by molar-refractivity contribution is -0.119. The number of nitrogens with zero attached hydrogens (tertiary/aromatic N) is 1. The van der Waals surface area contributed by atoms with Crippen LogP contribution in [0.1, 0.15) is 39.0 Å². The van der Waals surface area contributed by atoms with Crippen LogP contribution in [-0.2, 0) is 4.79 Å². The van der Waals surface area contributed by atoms with Crippen molar-refractivity contribution in [3.63, 3.8) is 0 Å². The van der Waals surface area contributed by atoms with Crippen LogP contribution in [0.4, 0.5) is 11.4 Å². The summed E-state index contributed by atoms with van der Waals surface area (Å²) < 4.78 is 0. The summed E-state index contributed by atoms with van der Waals surface area (Å²) >= 11 is 0. The van der Waals surface area contributed by atoms with Crippen LogP contribution in [0, 0.1) is 0 Å². The third kappa shape index (κ3) is 3.25. The summed E-state index contributed by atoms with van der Waals surface area (Å²) in [7, 11) is 0. The van der Waals surface area contributed by atoms with Crippen molar-refractivity contribution in [3.05, 3.63) is 24.3 Å². The van der Waals surface area contributed by atoms with E-state index in [0.717, 1.165) is 37.3 Å². The molecular formula is C15H22N2O. The van der Waals surface area contributed by atoms with Crippen molar-refractivity contribution in [2.75, 3.05) is 23.3 Å². The molecule has 3 nitrogen and oxygen atoms in total. The van der Waals surface area contributed by atoms with Crippen molar-refractivity contribution >= 4 is 17.3 Å². The summed E-state index contributed by atoms with van der Waals surface area (Å²) in [5.74, 6) is 0.257. The first-order valence-electron chi connectivity index (χ1n) is 6.95. The number of benzene rings is 1. The maximum atomic E-state index is 11.8. The van der Waals surface area contributed by atoms with Crippen LogP contribution in [0.5, 0.6) is 0 Å². The van der Waals surface area contributed by atoms with Crippen molar-refractivity contribution in [2.45, 2.75) is 39.0 Å². The zero-order valence-corrected chi connectivity index (χ0v) is 11.1. The Hall–Kier alpha value is -1.51. The molecule has 1 aromatic rings. The highest BCUT2D eigenvalue weighted by Crippen LogP contribution is 2.22. The summed E-state index contributed by atoms with van der Waals surface area (Å²) in [4.78, 5) is 13.7. The SMILES string of the molecule is CCCCNc1ccc(N2CCCCC2=O)cc1. The van der Waals surface area contributed by atoms with Crippen molar-refractivity contribution in [1.82, 2.24) is 0 Å². The fourth-order valence-electron chi connectivity index (χ4n) is 2.25. The third-order valence-corrected chi connectivity index (χ3v) is 3.36. The van der Waals surface area contributed by atoms with E-state index in [0.29, 0.717) is 6.42 Å². The number of amides is 1. The van der Waals surface area contributed by atoms with E-state index >= 15 is 0 Å². The van der Waals surface area contributed by atoms with E-state index in [1.54, 1.807) is 0 Å². The number of hydrogen-bond donors (Lipinski definition) is 1. The number of anilines is 2. The molecule has 0 atom stereocenters. The molecule has 98 valence electrons. The van der Waals surface area contributed by atoms with E-state index in [-0.39, 0.29) is 5.91 Å². The first-order chi connectivity index (χ1) is 8.81. The summed E-state index contributed by atoms with van der Waals surface area (Å²) in [6, 6.07) is 8.20. The van der Waals surface area contributed by atoms with Crippen LogP contribution >= 0.6 is 0 Å². The fraction of sp³-hybridized carbons (Fsp3) is 0.533. The third-order valence-electron chi connectivity index (χ3n) is 3.36. The van der Waals surface area contributed by atoms with E-state index in [4.69, 9.17) is 0 Å². The molecule has 1 aromatic carbocycles. The summed E-state index contributed by atoms with van der Waals surface area (Å²) in [5.41, 5.74) is 2.16. The maximum absolute atomic E-state index is 11.8. The Morgan fingerprint density at radius 1 is 1.22 bits per heavy atom. The first-order valence-corrected chi connectivity index (χ1v) is 6.95. The topological polar surface area (TPSA) is 32.3 Å². The number of unbranched alkanes of at least 4 members (excludes halogenated alkanes) is 1. The Kier molecular flexibility index (Phi) is 4.62. The lowest BCUT2D eigenvalue weighted by Gasteiger charge is -2.26. The number of piperidine rings is 1. The van der Waals surface area contributed by atoms with Gasteiger partial charge in [0.2, 0.25) is 5.91 Å². The summed E-state index contributed by atoms with van der Waals surface area (Å²) in [6.07, 6.45) is 5.23. The molecule has 0 bridgehead atoms. The summed E-state index contributed by atoms with van der Waals surface area (Å²) in [6.45, 7) is 4.06. The van der Waals surface area contributed by atoms with Gasteiger partial charge in [0.25, 0.3) is 0 Å². The number of nitrogens with one attached hydrogen (secondary N) is 1. The standard InChI is InChI=1S/C15H22N2O/c1-2-3-11-16-13-7-9-14(10-8-13)17-12-5-4-6-15(17)18/h7-10,16H,2-6,11-12H2,1H3. The quantitative estimate of drug-likeness (QED) is 0.807. The first kappa shape index (κ1) is 12.9. The largest absolute Gasteiger partial charge is 0.385 e. The molecule has 0 unspecified atom stereocenters. The van der Waals surface area contributed by atoms with Crippen LogP contribution in [0.3, 0.4) is 0 Å². The molecular weight excluding hydrogens is 224 g/mol. The smallest absolute Gasteiger partial charge is 0.226 e. The molecule has 0 saturated carbocycles. The molecule has 0 spiro atoms. The van der Waals surface area contributed by atoms with E-state index in [2.05, 4.69) is 24.4 Å². The second-order valence-electron chi connectivity index (χ2n) is 4.83. The Morgan fingerprint density at radius 2 is 2.00 bits per heavy atom. The molecule has 3 heteroatoms. The number of rotatable bonds is 5. The predicted molar refractivity (Wildman–Crippen MR) is 76.0 cm³/mol. The van der Waals surface area contributed by atoms with Gasteiger partial charge in [-0.1, -0.05) is 13.3 Å². The molecule has 1 N–H and O–H groups in total. The molecule has 18 heavy (non-hydrogen) atoms. The number of carbonyl (C=O) groups excluding carboxylic acids is 1. The maximum Gasteiger partial charge on any atom is 0.226 e. The van der Waals surface area contributed by atoms with E-state index in [1.807, 2.05) is 17.0 Å². The highest BCUT2D eigenvalue weighted by atomic mass is 16.2. The minimum absolute atomic E-state index is 0.257. The van der Waals surface area contributed by atoms with Crippen molar-refractivity contribution in [2.24, 2.45) is 0 Å². The average molecular weight is 246 g/mol. The van der Waals surface area contributed by atoms with Gasteiger partial charge in [-0.2, -0.15) is 0 Å². The van der Waals surface area contributed by atoms with E-state index in [9.17, 15) is 4.79 Å². The Morgan fingerprint density at radius 3 is 2.67 bits per heavy atom. The van der Waals surface area contributed by atoms with Crippen LogP contribution in [0.15, 0.2) is 24.3 Å². The van der Waals surface area contributed by atoms with Crippen LogP contribution < -0.4 is 10.2 Å². The van der Waals surface area contributed by atoms with E-state index < -0.39 is 0 Å². The van der Waals surface area contributed by atoms with Crippen molar-refractivity contribution < 1.29 is 4.79 Å². The number of carbonyl (C=O) groups is 1. The average Bonchev–Trinajstić information content (AvgIpc) is 2.41. The predicted octanol–water partition coefficient (Wildman–Crippen LogP) is 3.42. The Balaban J connectivity index is 1.96. The van der Waals surface area contributed by atoms with Crippen molar-refractivity contribution in [1.29, 1.82) is 0 Å². The Bertz CT molecular complexity index is 386.